The Labute approximate surface area is 115 Å². The van der Waals surface area contributed by atoms with Crippen molar-refractivity contribution in [3.8, 4) is 0 Å². The second-order valence-electron chi connectivity index (χ2n) is 4.56. The normalized spacial score (nSPS) is 16.1. The molecule has 20 heavy (non-hydrogen) atoms. The number of hydrogen-bond donors (Lipinski definition) is 1. The van der Waals surface area contributed by atoms with Crippen molar-refractivity contribution in [1.82, 2.24) is 13.9 Å². The van der Waals surface area contributed by atoms with Gasteiger partial charge >= 0.3 is 0 Å². The fourth-order valence-corrected chi connectivity index (χ4v) is 3.74. The SMILES string of the molecule is Nc1ccc(F)cc1S(=O)(=O)N1CCn2ccnc2C1. The van der Waals surface area contributed by atoms with Gasteiger partial charge in [-0.25, -0.2) is 17.8 Å². The van der Waals surface area contributed by atoms with E-state index in [1.54, 1.807) is 12.4 Å². The summed E-state index contributed by atoms with van der Waals surface area (Å²) in [6, 6.07) is 3.34. The van der Waals surface area contributed by atoms with E-state index < -0.39 is 15.8 Å². The third-order valence-corrected chi connectivity index (χ3v) is 5.20. The number of fused-ring (bicyclic) bond motifs is 1. The van der Waals surface area contributed by atoms with Gasteiger partial charge in [-0.1, -0.05) is 0 Å². The van der Waals surface area contributed by atoms with Gasteiger partial charge in [0.25, 0.3) is 0 Å². The van der Waals surface area contributed by atoms with Crippen molar-refractivity contribution in [1.29, 1.82) is 0 Å². The van der Waals surface area contributed by atoms with Crippen LogP contribution in [0.2, 0.25) is 0 Å². The molecule has 0 saturated carbocycles. The molecule has 6 nitrogen and oxygen atoms in total. The number of nitrogen functional groups attached to an aromatic ring is 1. The van der Waals surface area contributed by atoms with Gasteiger partial charge in [0.1, 0.15) is 16.5 Å². The van der Waals surface area contributed by atoms with Crippen LogP contribution in [-0.4, -0.2) is 28.8 Å². The lowest BCUT2D eigenvalue weighted by Crippen LogP contribution is -2.38. The molecule has 2 N–H and O–H groups in total. The summed E-state index contributed by atoms with van der Waals surface area (Å²) in [7, 11) is -3.82. The van der Waals surface area contributed by atoms with E-state index in [1.807, 2.05) is 4.57 Å². The molecule has 3 rings (SSSR count). The Bertz CT molecular complexity index is 757. The van der Waals surface area contributed by atoms with E-state index in [-0.39, 0.29) is 17.1 Å². The van der Waals surface area contributed by atoms with Crippen LogP contribution in [0.1, 0.15) is 5.82 Å². The number of halogens is 1. The molecule has 0 fully saturated rings. The van der Waals surface area contributed by atoms with Gasteiger partial charge in [0.2, 0.25) is 10.0 Å². The second-order valence-corrected chi connectivity index (χ2v) is 6.46. The number of sulfonamides is 1. The van der Waals surface area contributed by atoms with Crippen molar-refractivity contribution < 1.29 is 12.8 Å². The third kappa shape index (κ3) is 2.06. The third-order valence-electron chi connectivity index (χ3n) is 3.30. The number of nitrogens with zero attached hydrogens (tertiary/aromatic N) is 3. The number of benzene rings is 1. The van der Waals surface area contributed by atoms with Gasteiger partial charge in [-0.15, -0.1) is 0 Å². The minimum Gasteiger partial charge on any atom is -0.398 e. The summed E-state index contributed by atoms with van der Waals surface area (Å²) in [5, 5.41) is 0. The molecular formula is C12H13FN4O2S. The van der Waals surface area contributed by atoms with Gasteiger partial charge < -0.3 is 10.3 Å². The molecular weight excluding hydrogens is 283 g/mol. The van der Waals surface area contributed by atoms with Crippen molar-refractivity contribution >= 4 is 15.7 Å². The molecule has 2 aromatic rings. The molecule has 0 unspecified atom stereocenters. The number of hydrogen-bond acceptors (Lipinski definition) is 4. The fraction of sp³-hybridized carbons (Fsp3) is 0.250. The summed E-state index contributed by atoms with van der Waals surface area (Å²) in [6.45, 7) is 0.983. The average Bonchev–Trinajstić information content (AvgIpc) is 2.88. The minimum atomic E-state index is -3.82. The van der Waals surface area contributed by atoms with Crippen LogP contribution in [0.25, 0.3) is 0 Å². The van der Waals surface area contributed by atoms with Crippen LogP contribution in [-0.2, 0) is 23.1 Å². The van der Waals surface area contributed by atoms with E-state index in [1.165, 1.54) is 10.4 Å². The van der Waals surface area contributed by atoms with Crippen molar-refractivity contribution in [2.24, 2.45) is 0 Å². The Hall–Kier alpha value is -1.93. The highest BCUT2D eigenvalue weighted by Gasteiger charge is 2.30. The van der Waals surface area contributed by atoms with Crippen LogP contribution in [0.3, 0.4) is 0 Å². The van der Waals surface area contributed by atoms with Crippen LogP contribution in [0.5, 0.6) is 0 Å². The standard InChI is InChI=1S/C12H13FN4O2S/c13-9-1-2-10(14)11(7-9)20(18,19)17-6-5-16-4-3-15-12(16)8-17/h1-4,7H,5-6,8,14H2. The van der Waals surface area contributed by atoms with E-state index in [4.69, 9.17) is 5.73 Å². The Morgan fingerprint density at radius 1 is 1.30 bits per heavy atom. The molecule has 0 aliphatic carbocycles. The maximum absolute atomic E-state index is 13.3. The highest BCUT2D eigenvalue weighted by Crippen LogP contribution is 2.25. The molecule has 0 atom stereocenters. The molecule has 1 aromatic heterocycles. The predicted octanol–water partition coefficient (Wildman–Crippen LogP) is 0.809. The summed E-state index contributed by atoms with van der Waals surface area (Å²) in [6.07, 6.45) is 3.43. The first-order valence-electron chi connectivity index (χ1n) is 6.03. The fourth-order valence-electron chi connectivity index (χ4n) is 2.23. The van der Waals surface area contributed by atoms with Gasteiger partial charge in [0.05, 0.1) is 12.2 Å². The van der Waals surface area contributed by atoms with Gasteiger partial charge in [0.15, 0.2) is 0 Å². The molecule has 0 spiro atoms. The highest BCUT2D eigenvalue weighted by molar-refractivity contribution is 7.89. The number of nitrogens with two attached hydrogens (primary N) is 1. The monoisotopic (exact) mass is 296 g/mol. The zero-order valence-corrected chi connectivity index (χ0v) is 11.3. The molecule has 0 saturated heterocycles. The first kappa shape index (κ1) is 13.1. The molecule has 1 aliphatic heterocycles. The molecule has 106 valence electrons. The summed E-state index contributed by atoms with van der Waals surface area (Å²) in [5.41, 5.74) is 5.71. The summed E-state index contributed by atoms with van der Waals surface area (Å²) in [4.78, 5) is 3.91. The Morgan fingerprint density at radius 2 is 2.10 bits per heavy atom. The first-order valence-corrected chi connectivity index (χ1v) is 7.47. The molecule has 1 aliphatic rings. The Kier molecular flexibility index (Phi) is 2.98. The second kappa shape index (κ2) is 4.57. The Morgan fingerprint density at radius 3 is 2.90 bits per heavy atom. The topological polar surface area (TPSA) is 81.2 Å². The van der Waals surface area contributed by atoms with Crippen molar-refractivity contribution in [3.63, 3.8) is 0 Å². The van der Waals surface area contributed by atoms with Crippen LogP contribution < -0.4 is 5.73 Å². The smallest absolute Gasteiger partial charge is 0.245 e. The van der Waals surface area contributed by atoms with Crippen molar-refractivity contribution in [2.75, 3.05) is 12.3 Å². The van der Waals surface area contributed by atoms with Crippen LogP contribution >= 0.6 is 0 Å². The molecule has 8 heteroatoms. The molecule has 0 radical (unpaired) electrons. The van der Waals surface area contributed by atoms with Gasteiger partial charge in [-0.05, 0) is 18.2 Å². The van der Waals surface area contributed by atoms with E-state index in [0.717, 1.165) is 12.1 Å². The Balaban J connectivity index is 1.99. The van der Waals surface area contributed by atoms with E-state index in [2.05, 4.69) is 4.98 Å². The number of imidazole rings is 1. The quantitative estimate of drug-likeness (QED) is 0.832. The maximum Gasteiger partial charge on any atom is 0.245 e. The van der Waals surface area contributed by atoms with E-state index in [0.29, 0.717) is 18.9 Å². The van der Waals surface area contributed by atoms with Crippen molar-refractivity contribution in [3.05, 3.63) is 42.2 Å². The molecule has 0 bridgehead atoms. The number of aromatic nitrogens is 2. The van der Waals surface area contributed by atoms with Crippen molar-refractivity contribution in [2.45, 2.75) is 18.0 Å². The lowest BCUT2D eigenvalue weighted by atomic mass is 10.3. The molecule has 1 aromatic carbocycles. The zero-order valence-electron chi connectivity index (χ0n) is 10.5. The summed E-state index contributed by atoms with van der Waals surface area (Å²) in [5.74, 6) is 0.0334. The van der Waals surface area contributed by atoms with Gasteiger partial charge in [0, 0.05) is 25.5 Å². The predicted molar refractivity (Wildman–Crippen MR) is 70.6 cm³/mol. The van der Waals surface area contributed by atoms with Crippen LogP contribution in [0, 0.1) is 5.82 Å². The first-order chi connectivity index (χ1) is 9.48. The largest absolute Gasteiger partial charge is 0.398 e. The number of anilines is 1. The van der Waals surface area contributed by atoms with Crippen LogP contribution in [0.15, 0.2) is 35.5 Å². The van der Waals surface area contributed by atoms with Crippen LogP contribution in [0.4, 0.5) is 10.1 Å². The lowest BCUT2D eigenvalue weighted by molar-refractivity contribution is 0.335. The van der Waals surface area contributed by atoms with Gasteiger partial charge in [-0.3, -0.25) is 0 Å². The molecule has 0 amide bonds. The zero-order chi connectivity index (χ0) is 14.3. The number of rotatable bonds is 2. The molecule has 2 heterocycles. The lowest BCUT2D eigenvalue weighted by Gasteiger charge is -2.27. The van der Waals surface area contributed by atoms with E-state index in [9.17, 15) is 12.8 Å². The maximum atomic E-state index is 13.3. The average molecular weight is 296 g/mol. The summed E-state index contributed by atoms with van der Waals surface area (Å²) < 4.78 is 41.5. The van der Waals surface area contributed by atoms with E-state index >= 15 is 0 Å². The highest BCUT2D eigenvalue weighted by atomic mass is 32.2. The summed E-state index contributed by atoms with van der Waals surface area (Å²) >= 11 is 0. The minimum absolute atomic E-state index is 0.0420. The van der Waals surface area contributed by atoms with Gasteiger partial charge in [-0.2, -0.15) is 4.31 Å².